The van der Waals surface area contributed by atoms with E-state index in [9.17, 15) is 0 Å². The van der Waals surface area contributed by atoms with Crippen LogP contribution in [0.3, 0.4) is 0 Å². The molecular weight excluding hydrogens is 138 g/mol. The molecule has 1 atom stereocenters. The summed E-state index contributed by atoms with van der Waals surface area (Å²) in [6.45, 7) is 11.5. The summed E-state index contributed by atoms with van der Waals surface area (Å²) >= 11 is 0. The second-order valence-electron chi connectivity index (χ2n) is 4.60. The molecule has 0 heterocycles. The van der Waals surface area contributed by atoms with Crippen LogP contribution in [-0.4, -0.2) is 13.7 Å². The molecule has 1 unspecified atom stereocenters. The van der Waals surface area contributed by atoms with E-state index in [1.54, 1.807) is 0 Å². The maximum atomic E-state index is 6.01. The van der Waals surface area contributed by atoms with Gasteiger partial charge in [0.25, 0.3) is 0 Å². The molecule has 0 rings (SSSR count). The fraction of sp³-hybridized carbons (Fsp3) is 1.00. The first-order valence-corrected chi connectivity index (χ1v) is 7.67. The third kappa shape index (κ3) is 4.07. The van der Waals surface area contributed by atoms with E-state index in [0.29, 0.717) is 5.67 Å². The van der Waals surface area contributed by atoms with E-state index in [4.69, 9.17) is 5.73 Å². The van der Waals surface area contributed by atoms with Gasteiger partial charge in [0, 0.05) is 0 Å². The van der Waals surface area contributed by atoms with E-state index < -0.39 is 8.07 Å². The topological polar surface area (TPSA) is 26.0 Å². The van der Waals surface area contributed by atoms with Gasteiger partial charge in [-0.1, -0.05) is 33.5 Å². The van der Waals surface area contributed by atoms with Gasteiger partial charge in [-0.15, -0.1) is 0 Å². The third-order valence-corrected chi connectivity index (χ3v) is 4.30. The van der Waals surface area contributed by atoms with Crippen molar-refractivity contribution >= 4 is 8.07 Å². The van der Waals surface area contributed by atoms with E-state index in [0.717, 1.165) is 5.92 Å². The minimum atomic E-state index is -1.05. The van der Waals surface area contributed by atoms with E-state index >= 15 is 0 Å². The molecule has 0 aromatic rings. The van der Waals surface area contributed by atoms with Gasteiger partial charge in [0.2, 0.25) is 0 Å². The first kappa shape index (κ1) is 10.2. The molecule has 0 aliphatic rings. The molecule has 0 radical (unpaired) electrons. The summed E-state index contributed by atoms with van der Waals surface area (Å²) in [7, 11) is -1.05. The Hall–Kier alpha value is 0.177. The zero-order valence-electron chi connectivity index (χ0n) is 7.94. The molecular formula is C8H21NSi. The van der Waals surface area contributed by atoms with Crippen molar-refractivity contribution in [2.75, 3.05) is 0 Å². The van der Waals surface area contributed by atoms with Crippen molar-refractivity contribution < 1.29 is 0 Å². The number of hydrogen-bond donors (Lipinski definition) is 1. The monoisotopic (exact) mass is 159 g/mol. The number of hydrogen-bond acceptors (Lipinski definition) is 1. The summed E-state index contributed by atoms with van der Waals surface area (Å²) in [5.74, 6) is 0.752. The van der Waals surface area contributed by atoms with E-state index in [1.807, 2.05) is 0 Å². The van der Waals surface area contributed by atoms with Crippen LogP contribution < -0.4 is 5.73 Å². The van der Waals surface area contributed by atoms with Crippen LogP contribution >= 0.6 is 0 Å². The van der Waals surface area contributed by atoms with Crippen LogP contribution in [0.5, 0.6) is 0 Å². The largest absolute Gasteiger partial charge is 0.330 e. The Balaban J connectivity index is 3.73. The normalized spacial score (nSPS) is 15.9. The lowest BCUT2D eigenvalue weighted by molar-refractivity contribution is 0.561. The fourth-order valence-electron chi connectivity index (χ4n) is 0.861. The predicted octanol–water partition coefficient (Wildman–Crippen LogP) is 2.24. The second-order valence-corrected chi connectivity index (χ2v) is 10.1. The summed E-state index contributed by atoms with van der Waals surface area (Å²) in [6.07, 6.45) is 1.19. The fourth-order valence-corrected chi connectivity index (χ4v) is 2.04. The van der Waals surface area contributed by atoms with Crippen molar-refractivity contribution in [3.8, 4) is 0 Å². The van der Waals surface area contributed by atoms with Crippen molar-refractivity contribution in [1.82, 2.24) is 0 Å². The Labute approximate surface area is 66.0 Å². The van der Waals surface area contributed by atoms with Gasteiger partial charge in [0.1, 0.15) is 0 Å². The Bertz CT molecular complexity index is 93.9. The zero-order chi connectivity index (χ0) is 8.36. The lowest BCUT2D eigenvalue weighted by atomic mass is 10.1. The lowest BCUT2D eigenvalue weighted by Gasteiger charge is -2.26. The molecule has 2 N–H and O–H groups in total. The molecule has 1 nitrogen and oxygen atoms in total. The smallest absolute Gasteiger partial charge is 0.0632 e. The molecule has 0 saturated carbocycles. The quantitative estimate of drug-likeness (QED) is 0.628. The number of rotatable bonds is 3. The van der Waals surface area contributed by atoms with Gasteiger partial charge in [-0.3, -0.25) is 0 Å². The molecule has 0 amide bonds. The van der Waals surface area contributed by atoms with Crippen LogP contribution in [-0.2, 0) is 0 Å². The van der Waals surface area contributed by atoms with Crippen LogP contribution in [0.2, 0.25) is 19.6 Å². The second kappa shape index (κ2) is 3.53. The minimum Gasteiger partial charge on any atom is -0.330 e. The Morgan fingerprint density at radius 3 is 1.70 bits per heavy atom. The first-order chi connectivity index (χ1) is 4.34. The van der Waals surface area contributed by atoms with Crippen molar-refractivity contribution in [2.24, 2.45) is 11.7 Å². The first-order valence-electron chi connectivity index (χ1n) is 4.09. The molecule has 0 bridgehead atoms. The molecule has 0 saturated heterocycles. The van der Waals surface area contributed by atoms with Gasteiger partial charge in [-0.05, 0) is 18.0 Å². The van der Waals surface area contributed by atoms with E-state index in [2.05, 4.69) is 33.5 Å². The highest BCUT2D eigenvalue weighted by Crippen LogP contribution is 2.13. The summed E-state index contributed by atoms with van der Waals surface area (Å²) in [4.78, 5) is 0. The van der Waals surface area contributed by atoms with Crippen LogP contribution in [0, 0.1) is 5.92 Å². The maximum Gasteiger partial charge on any atom is 0.0632 e. The Morgan fingerprint density at radius 2 is 1.60 bits per heavy atom. The van der Waals surface area contributed by atoms with Gasteiger partial charge < -0.3 is 5.73 Å². The van der Waals surface area contributed by atoms with Crippen molar-refractivity contribution in [3.05, 3.63) is 0 Å². The predicted molar refractivity (Wildman–Crippen MR) is 50.8 cm³/mol. The SMILES string of the molecule is CC(C)CC(N)[Si](C)(C)C. The molecule has 0 spiro atoms. The van der Waals surface area contributed by atoms with Crippen LogP contribution in [0.4, 0.5) is 0 Å². The molecule has 0 aromatic carbocycles. The summed E-state index contributed by atoms with van der Waals surface area (Å²) < 4.78 is 0. The molecule has 10 heavy (non-hydrogen) atoms. The van der Waals surface area contributed by atoms with Gasteiger partial charge in [0.15, 0.2) is 0 Å². The Kier molecular flexibility index (Phi) is 3.60. The summed E-state index contributed by atoms with van der Waals surface area (Å²) in [5, 5.41) is 0. The highest BCUT2D eigenvalue weighted by atomic mass is 28.3. The zero-order valence-corrected chi connectivity index (χ0v) is 8.94. The molecule has 0 fully saturated rings. The highest BCUT2D eigenvalue weighted by molar-refractivity contribution is 6.77. The highest BCUT2D eigenvalue weighted by Gasteiger charge is 2.23. The van der Waals surface area contributed by atoms with Crippen molar-refractivity contribution in [2.45, 2.75) is 45.6 Å². The van der Waals surface area contributed by atoms with Crippen LogP contribution in [0.25, 0.3) is 0 Å². The standard InChI is InChI=1S/C8H21NSi/c1-7(2)6-8(9)10(3,4)5/h7-8H,6,9H2,1-5H3. The molecule has 62 valence electrons. The maximum absolute atomic E-state index is 6.01. The summed E-state index contributed by atoms with van der Waals surface area (Å²) in [6, 6.07) is 0. The lowest BCUT2D eigenvalue weighted by Crippen LogP contribution is -2.45. The minimum absolute atomic E-state index is 0.479. The van der Waals surface area contributed by atoms with Crippen molar-refractivity contribution in [3.63, 3.8) is 0 Å². The van der Waals surface area contributed by atoms with E-state index in [-0.39, 0.29) is 0 Å². The van der Waals surface area contributed by atoms with Gasteiger partial charge in [-0.25, -0.2) is 0 Å². The summed E-state index contributed by atoms with van der Waals surface area (Å²) in [5.41, 5.74) is 6.49. The average Bonchev–Trinajstić information content (AvgIpc) is 1.60. The van der Waals surface area contributed by atoms with Gasteiger partial charge >= 0.3 is 0 Å². The average molecular weight is 159 g/mol. The number of nitrogens with two attached hydrogens (primary N) is 1. The third-order valence-electron chi connectivity index (χ3n) is 1.84. The molecule has 0 aromatic heterocycles. The van der Waals surface area contributed by atoms with Gasteiger partial charge in [0.05, 0.1) is 8.07 Å². The van der Waals surface area contributed by atoms with Gasteiger partial charge in [-0.2, -0.15) is 0 Å². The van der Waals surface area contributed by atoms with Crippen LogP contribution in [0.1, 0.15) is 20.3 Å². The van der Waals surface area contributed by atoms with E-state index in [1.165, 1.54) is 6.42 Å². The van der Waals surface area contributed by atoms with Crippen LogP contribution in [0.15, 0.2) is 0 Å². The molecule has 0 aliphatic heterocycles. The Morgan fingerprint density at radius 1 is 1.20 bits per heavy atom. The molecule has 2 heteroatoms. The van der Waals surface area contributed by atoms with Crippen molar-refractivity contribution in [1.29, 1.82) is 0 Å². The molecule has 0 aliphatic carbocycles.